The molecule has 0 radical (unpaired) electrons. The van der Waals surface area contributed by atoms with E-state index in [9.17, 15) is 0 Å². The molecule has 0 fully saturated rings. The topological polar surface area (TPSA) is 27.0 Å². The highest BCUT2D eigenvalue weighted by atomic mass is 15.1. The maximum Gasteiger partial charge on any atom is 0.0845 e. The number of fused-ring (bicyclic) bond motifs is 1. The molecule has 1 unspecified atom stereocenters. The van der Waals surface area contributed by atoms with Crippen LogP contribution >= 0.6 is 0 Å². The molecular formula is C12H14N2. The second-order valence-corrected chi connectivity index (χ2v) is 4.03. The van der Waals surface area contributed by atoms with E-state index in [0.29, 0.717) is 0 Å². The SMILES string of the molecule is Cc1cccc2c1C(C#N)CN(C)C2. The fourth-order valence-electron chi connectivity index (χ4n) is 2.24. The molecule has 0 aromatic heterocycles. The van der Waals surface area contributed by atoms with E-state index in [1.165, 1.54) is 16.7 Å². The Kier molecular flexibility index (Phi) is 2.26. The molecule has 72 valence electrons. The number of hydrogen-bond acceptors (Lipinski definition) is 2. The molecule has 0 spiro atoms. The van der Waals surface area contributed by atoms with Gasteiger partial charge in [0.05, 0.1) is 12.0 Å². The molecule has 1 heterocycles. The number of nitrogens with zero attached hydrogens (tertiary/aromatic N) is 2. The quantitative estimate of drug-likeness (QED) is 0.620. The number of nitriles is 1. The first kappa shape index (κ1) is 9.23. The summed E-state index contributed by atoms with van der Waals surface area (Å²) < 4.78 is 0. The number of hydrogen-bond donors (Lipinski definition) is 0. The van der Waals surface area contributed by atoms with Crippen molar-refractivity contribution in [1.29, 1.82) is 5.26 Å². The van der Waals surface area contributed by atoms with E-state index in [-0.39, 0.29) is 5.92 Å². The van der Waals surface area contributed by atoms with Gasteiger partial charge >= 0.3 is 0 Å². The van der Waals surface area contributed by atoms with Crippen LogP contribution in [0.3, 0.4) is 0 Å². The minimum Gasteiger partial charge on any atom is -0.300 e. The fourth-order valence-corrected chi connectivity index (χ4v) is 2.24. The van der Waals surface area contributed by atoms with Gasteiger partial charge in [-0.25, -0.2) is 0 Å². The van der Waals surface area contributed by atoms with Crippen LogP contribution in [0.2, 0.25) is 0 Å². The van der Waals surface area contributed by atoms with E-state index < -0.39 is 0 Å². The predicted octanol–water partition coefficient (Wildman–Crippen LogP) is 2.05. The zero-order valence-corrected chi connectivity index (χ0v) is 8.62. The van der Waals surface area contributed by atoms with Gasteiger partial charge in [0.15, 0.2) is 0 Å². The third kappa shape index (κ3) is 1.40. The summed E-state index contributed by atoms with van der Waals surface area (Å²) in [5, 5.41) is 9.10. The highest BCUT2D eigenvalue weighted by Crippen LogP contribution is 2.29. The van der Waals surface area contributed by atoms with Crippen molar-refractivity contribution in [3.05, 3.63) is 34.9 Å². The van der Waals surface area contributed by atoms with Crippen LogP contribution in [0.4, 0.5) is 0 Å². The Balaban J connectivity index is 2.53. The molecule has 2 heteroatoms. The summed E-state index contributed by atoms with van der Waals surface area (Å²) in [5.41, 5.74) is 3.82. The van der Waals surface area contributed by atoms with Crippen LogP contribution in [-0.2, 0) is 6.54 Å². The normalized spacial score (nSPS) is 21.4. The van der Waals surface area contributed by atoms with Crippen molar-refractivity contribution in [1.82, 2.24) is 4.90 Å². The molecule has 0 saturated heterocycles. The highest BCUT2D eigenvalue weighted by molar-refractivity contribution is 5.41. The summed E-state index contributed by atoms with van der Waals surface area (Å²) in [4.78, 5) is 2.20. The van der Waals surface area contributed by atoms with Gasteiger partial charge in [0, 0.05) is 13.1 Å². The minimum absolute atomic E-state index is 0.0462. The lowest BCUT2D eigenvalue weighted by Crippen LogP contribution is -2.30. The number of rotatable bonds is 0. The minimum atomic E-state index is 0.0462. The van der Waals surface area contributed by atoms with E-state index in [0.717, 1.165) is 13.1 Å². The number of likely N-dealkylation sites (N-methyl/N-ethyl adjacent to an activating group) is 1. The van der Waals surface area contributed by atoms with Gasteiger partial charge in [-0.2, -0.15) is 5.26 Å². The summed E-state index contributed by atoms with van der Waals surface area (Å²) in [6.07, 6.45) is 0. The average Bonchev–Trinajstić information content (AvgIpc) is 2.16. The molecule has 14 heavy (non-hydrogen) atoms. The molecule has 2 rings (SSSR count). The van der Waals surface area contributed by atoms with Crippen LogP contribution in [0.15, 0.2) is 18.2 Å². The van der Waals surface area contributed by atoms with Crippen LogP contribution in [0, 0.1) is 18.3 Å². The van der Waals surface area contributed by atoms with Gasteiger partial charge in [0.1, 0.15) is 0 Å². The summed E-state index contributed by atoms with van der Waals surface area (Å²) in [6.45, 7) is 3.91. The van der Waals surface area contributed by atoms with Gasteiger partial charge in [-0.15, -0.1) is 0 Å². The van der Waals surface area contributed by atoms with Gasteiger partial charge in [-0.1, -0.05) is 18.2 Å². The van der Waals surface area contributed by atoms with Gasteiger partial charge < -0.3 is 4.90 Å². The summed E-state index contributed by atoms with van der Waals surface area (Å²) in [5.74, 6) is 0.0462. The van der Waals surface area contributed by atoms with Crippen molar-refractivity contribution in [3.8, 4) is 6.07 Å². The molecule has 0 aliphatic carbocycles. The molecular weight excluding hydrogens is 172 g/mol. The van der Waals surface area contributed by atoms with Gasteiger partial charge in [0.25, 0.3) is 0 Å². The van der Waals surface area contributed by atoms with Crippen LogP contribution < -0.4 is 0 Å². The first-order chi connectivity index (χ1) is 6.72. The number of aryl methyl sites for hydroxylation is 1. The zero-order valence-electron chi connectivity index (χ0n) is 8.62. The standard InChI is InChI=1S/C12H14N2/c1-9-4-3-5-10-7-14(2)8-11(6-13)12(9)10/h3-5,11H,7-8H2,1-2H3. The Morgan fingerprint density at radius 3 is 3.00 bits per heavy atom. The van der Waals surface area contributed by atoms with Crippen molar-refractivity contribution in [2.75, 3.05) is 13.6 Å². The van der Waals surface area contributed by atoms with Crippen LogP contribution in [0.1, 0.15) is 22.6 Å². The van der Waals surface area contributed by atoms with Crippen LogP contribution in [0.5, 0.6) is 0 Å². The largest absolute Gasteiger partial charge is 0.300 e. The monoisotopic (exact) mass is 186 g/mol. The van der Waals surface area contributed by atoms with Crippen molar-refractivity contribution in [2.45, 2.75) is 19.4 Å². The molecule has 1 aliphatic rings. The average molecular weight is 186 g/mol. The third-order valence-corrected chi connectivity index (χ3v) is 2.85. The maximum absolute atomic E-state index is 9.10. The molecule has 1 aliphatic heterocycles. The second kappa shape index (κ2) is 3.43. The Hall–Kier alpha value is -1.33. The van der Waals surface area contributed by atoms with E-state index in [2.05, 4.69) is 43.1 Å². The Bertz CT molecular complexity index is 390. The van der Waals surface area contributed by atoms with Gasteiger partial charge in [0.2, 0.25) is 0 Å². The lowest BCUT2D eigenvalue weighted by molar-refractivity contribution is 0.299. The van der Waals surface area contributed by atoms with Crippen LogP contribution in [0.25, 0.3) is 0 Å². The smallest absolute Gasteiger partial charge is 0.0845 e. The maximum atomic E-state index is 9.10. The molecule has 1 atom stereocenters. The van der Waals surface area contributed by atoms with E-state index >= 15 is 0 Å². The highest BCUT2D eigenvalue weighted by Gasteiger charge is 2.23. The van der Waals surface area contributed by atoms with Crippen molar-refractivity contribution < 1.29 is 0 Å². The molecule has 1 aromatic carbocycles. The zero-order chi connectivity index (χ0) is 10.1. The van der Waals surface area contributed by atoms with E-state index in [1.807, 2.05) is 0 Å². The first-order valence-corrected chi connectivity index (χ1v) is 4.89. The van der Waals surface area contributed by atoms with Crippen LogP contribution in [-0.4, -0.2) is 18.5 Å². The fraction of sp³-hybridized carbons (Fsp3) is 0.417. The Morgan fingerprint density at radius 2 is 2.29 bits per heavy atom. The Labute approximate surface area is 84.8 Å². The summed E-state index contributed by atoms with van der Waals surface area (Å²) in [7, 11) is 2.07. The summed E-state index contributed by atoms with van der Waals surface area (Å²) >= 11 is 0. The summed E-state index contributed by atoms with van der Waals surface area (Å²) in [6, 6.07) is 8.68. The lowest BCUT2D eigenvalue weighted by atomic mass is 9.87. The molecule has 0 amide bonds. The van der Waals surface area contributed by atoms with E-state index in [4.69, 9.17) is 5.26 Å². The first-order valence-electron chi connectivity index (χ1n) is 4.89. The van der Waals surface area contributed by atoms with Crippen molar-refractivity contribution >= 4 is 0 Å². The van der Waals surface area contributed by atoms with Crippen molar-refractivity contribution in [2.24, 2.45) is 0 Å². The Morgan fingerprint density at radius 1 is 1.50 bits per heavy atom. The molecule has 0 bridgehead atoms. The molecule has 0 saturated carbocycles. The predicted molar refractivity (Wildman–Crippen MR) is 55.9 cm³/mol. The molecule has 2 nitrogen and oxygen atoms in total. The van der Waals surface area contributed by atoms with Crippen molar-refractivity contribution in [3.63, 3.8) is 0 Å². The third-order valence-electron chi connectivity index (χ3n) is 2.85. The van der Waals surface area contributed by atoms with Gasteiger partial charge in [-0.3, -0.25) is 0 Å². The van der Waals surface area contributed by atoms with E-state index in [1.54, 1.807) is 0 Å². The lowest BCUT2D eigenvalue weighted by Gasteiger charge is -2.29. The molecule has 1 aromatic rings. The molecule has 0 N–H and O–H groups in total. The van der Waals surface area contributed by atoms with Gasteiger partial charge in [-0.05, 0) is 30.7 Å². The second-order valence-electron chi connectivity index (χ2n) is 4.03. The number of benzene rings is 1.